The van der Waals surface area contributed by atoms with Crippen LogP contribution in [0, 0.1) is 5.41 Å². The summed E-state index contributed by atoms with van der Waals surface area (Å²) in [5.41, 5.74) is -0.188. The Hall–Kier alpha value is -2.96. The van der Waals surface area contributed by atoms with Gasteiger partial charge in [-0.3, -0.25) is 15.2 Å². The maximum atomic E-state index is 13.1. The number of piperazine rings is 1. The number of carbonyl (C=O) groups excluding carboxylic acids is 1. The van der Waals surface area contributed by atoms with Crippen LogP contribution in [0.5, 0.6) is 0 Å². The Morgan fingerprint density at radius 1 is 1.31 bits per heavy atom. The van der Waals surface area contributed by atoms with E-state index in [0.29, 0.717) is 5.02 Å². The number of nitrogens with zero attached hydrogens (tertiary/aromatic N) is 6. The molecule has 1 atom stereocenters. The van der Waals surface area contributed by atoms with E-state index in [1.807, 2.05) is 0 Å². The predicted octanol–water partition coefficient (Wildman–Crippen LogP) is -0.795. The molecule has 1 aliphatic rings. The van der Waals surface area contributed by atoms with Crippen LogP contribution < -0.4 is 20.6 Å². The minimum atomic E-state index is -3.84. The molecule has 1 fully saturated rings. The zero-order chi connectivity index (χ0) is 20.6. The molecule has 0 radical (unpaired) electrons. The predicted molar refractivity (Wildman–Crippen MR) is 98.0 cm³/mol. The summed E-state index contributed by atoms with van der Waals surface area (Å²) in [7, 11) is -3.84. The Labute approximate surface area is 170 Å². The molecule has 0 saturated carbocycles. The lowest BCUT2D eigenvalue weighted by molar-refractivity contribution is -0.766. The lowest BCUT2D eigenvalue weighted by Gasteiger charge is -2.39. The van der Waals surface area contributed by atoms with Crippen LogP contribution in [0.3, 0.4) is 0 Å². The summed E-state index contributed by atoms with van der Waals surface area (Å²) < 4.78 is 33.3. The molecular weight excluding hydrogens is 422 g/mol. The van der Waals surface area contributed by atoms with E-state index in [4.69, 9.17) is 21.5 Å². The SMILES string of the molecule is N=c1c[n+](N2CCN(S(=O)(=O)c3ccc(Cl)cc3)CC2C(=O)n2cccn2)[n-]o1. The fourth-order valence-electron chi connectivity index (χ4n) is 3.08. The van der Waals surface area contributed by atoms with Crippen molar-refractivity contribution in [3.63, 3.8) is 0 Å². The maximum absolute atomic E-state index is 13.1. The Bertz CT molecular complexity index is 1170. The van der Waals surface area contributed by atoms with E-state index >= 15 is 0 Å². The first-order chi connectivity index (χ1) is 13.9. The maximum Gasteiger partial charge on any atom is 0.286 e. The fourth-order valence-corrected chi connectivity index (χ4v) is 4.65. The number of benzene rings is 1. The Morgan fingerprint density at radius 3 is 2.69 bits per heavy atom. The van der Waals surface area contributed by atoms with Gasteiger partial charge in [-0.05, 0) is 35.6 Å². The normalized spacial score (nSPS) is 18.1. The molecule has 1 N–H and O–H groups in total. The van der Waals surface area contributed by atoms with Crippen LogP contribution >= 0.6 is 11.6 Å². The number of aromatic nitrogens is 4. The van der Waals surface area contributed by atoms with Crippen molar-refractivity contribution in [2.75, 3.05) is 24.6 Å². The molecule has 3 heterocycles. The molecule has 4 rings (SSSR count). The van der Waals surface area contributed by atoms with Gasteiger partial charge in [-0.2, -0.15) is 9.40 Å². The lowest BCUT2D eigenvalue weighted by atomic mass is 10.2. The summed E-state index contributed by atoms with van der Waals surface area (Å²) in [6.45, 7) is 0.138. The van der Waals surface area contributed by atoms with E-state index in [-0.39, 0.29) is 30.1 Å². The first kappa shape index (κ1) is 19.4. The van der Waals surface area contributed by atoms with Crippen LogP contribution in [0.2, 0.25) is 5.02 Å². The molecule has 13 heteroatoms. The van der Waals surface area contributed by atoms with Crippen molar-refractivity contribution in [2.24, 2.45) is 0 Å². The van der Waals surface area contributed by atoms with E-state index in [1.165, 1.54) is 52.0 Å². The molecule has 0 amide bonds. The van der Waals surface area contributed by atoms with Crippen molar-refractivity contribution in [1.82, 2.24) is 19.4 Å². The van der Waals surface area contributed by atoms with Crippen molar-refractivity contribution in [3.05, 3.63) is 59.5 Å². The summed E-state index contributed by atoms with van der Waals surface area (Å²) in [5, 5.41) is 17.2. The number of rotatable bonds is 4. The Kier molecular flexibility index (Phi) is 4.98. The molecule has 1 aromatic carbocycles. The van der Waals surface area contributed by atoms with Gasteiger partial charge in [-0.1, -0.05) is 16.4 Å². The summed E-state index contributed by atoms with van der Waals surface area (Å²) in [4.78, 5) is 14.3. The minimum Gasteiger partial charge on any atom is -0.380 e. The van der Waals surface area contributed by atoms with Crippen LogP contribution in [0.4, 0.5) is 0 Å². The molecule has 152 valence electrons. The first-order valence-electron chi connectivity index (χ1n) is 8.53. The van der Waals surface area contributed by atoms with Crippen LogP contribution in [-0.4, -0.2) is 54.1 Å². The number of carbonyl (C=O) groups is 1. The van der Waals surface area contributed by atoms with Gasteiger partial charge in [-0.25, -0.2) is 13.1 Å². The quantitative estimate of drug-likeness (QED) is 0.529. The van der Waals surface area contributed by atoms with Gasteiger partial charge in [0.1, 0.15) is 6.04 Å². The summed E-state index contributed by atoms with van der Waals surface area (Å²) >= 11 is 5.85. The zero-order valence-electron chi connectivity index (χ0n) is 14.9. The van der Waals surface area contributed by atoms with Gasteiger partial charge in [0.2, 0.25) is 10.0 Å². The second kappa shape index (κ2) is 7.46. The van der Waals surface area contributed by atoms with Gasteiger partial charge in [0, 0.05) is 37.1 Å². The molecule has 1 unspecified atom stereocenters. The largest absolute Gasteiger partial charge is 0.380 e. The average Bonchev–Trinajstić information content (AvgIpc) is 3.39. The second-order valence-corrected chi connectivity index (χ2v) is 8.65. The van der Waals surface area contributed by atoms with E-state index in [9.17, 15) is 13.2 Å². The molecule has 29 heavy (non-hydrogen) atoms. The van der Waals surface area contributed by atoms with Crippen molar-refractivity contribution >= 4 is 27.5 Å². The monoisotopic (exact) mass is 437 g/mol. The highest BCUT2D eigenvalue weighted by Crippen LogP contribution is 2.21. The van der Waals surface area contributed by atoms with Crippen LogP contribution in [0.15, 0.2) is 58.3 Å². The topological polar surface area (TPSA) is 130 Å². The van der Waals surface area contributed by atoms with E-state index in [0.717, 1.165) is 4.68 Å². The van der Waals surface area contributed by atoms with Crippen LogP contribution in [0.1, 0.15) is 4.79 Å². The summed E-state index contributed by atoms with van der Waals surface area (Å²) in [6.07, 6.45) is 4.24. The fraction of sp³-hybridized carbons (Fsp3) is 0.250. The van der Waals surface area contributed by atoms with E-state index in [2.05, 4.69) is 10.4 Å². The van der Waals surface area contributed by atoms with Gasteiger partial charge >= 0.3 is 0 Å². The average molecular weight is 438 g/mol. The molecule has 0 spiro atoms. The number of hydrogen-bond acceptors (Lipinski definition) is 7. The standard InChI is InChI=1S/C16H16ClN7O4S/c17-12-2-4-13(5-3-12)29(26,27)21-8-9-23(24-11-15(18)28-20-24)14(10-21)16(25)22-7-1-6-19-22/h1-7,11,14,18H,8-10H2. The third-order valence-corrected chi connectivity index (χ3v) is 6.63. The second-order valence-electron chi connectivity index (χ2n) is 6.27. The Balaban J connectivity index is 1.67. The first-order valence-corrected chi connectivity index (χ1v) is 10.3. The zero-order valence-corrected chi connectivity index (χ0v) is 16.5. The molecule has 1 saturated heterocycles. The third-order valence-electron chi connectivity index (χ3n) is 4.50. The highest BCUT2D eigenvalue weighted by atomic mass is 35.5. The van der Waals surface area contributed by atoms with Gasteiger partial charge in [-0.15, -0.1) is 0 Å². The molecule has 3 aromatic rings. The molecule has 0 bridgehead atoms. The molecule has 0 aliphatic carbocycles. The smallest absolute Gasteiger partial charge is 0.286 e. The third kappa shape index (κ3) is 3.69. The van der Waals surface area contributed by atoms with Crippen LogP contribution in [0.25, 0.3) is 0 Å². The van der Waals surface area contributed by atoms with Gasteiger partial charge in [0.05, 0.1) is 4.90 Å². The van der Waals surface area contributed by atoms with Crippen molar-refractivity contribution in [3.8, 4) is 0 Å². The van der Waals surface area contributed by atoms with Gasteiger partial charge in [0.25, 0.3) is 17.7 Å². The molecule has 1 aliphatic heterocycles. The van der Waals surface area contributed by atoms with Gasteiger partial charge < -0.3 is 4.52 Å². The van der Waals surface area contributed by atoms with E-state index < -0.39 is 22.0 Å². The van der Waals surface area contributed by atoms with Crippen molar-refractivity contribution in [1.29, 1.82) is 5.41 Å². The minimum absolute atomic E-state index is 0.0863. The van der Waals surface area contributed by atoms with Crippen molar-refractivity contribution < 1.29 is 22.5 Å². The van der Waals surface area contributed by atoms with Crippen molar-refractivity contribution in [2.45, 2.75) is 10.9 Å². The van der Waals surface area contributed by atoms with E-state index in [1.54, 1.807) is 11.1 Å². The number of sulfonamides is 1. The molecule has 11 nitrogen and oxygen atoms in total. The number of hydrogen-bond donors (Lipinski definition) is 1. The lowest BCUT2D eigenvalue weighted by Crippen LogP contribution is -2.73. The summed E-state index contributed by atoms with van der Waals surface area (Å²) in [6, 6.07) is 6.51. The van der Waals surface area contributed by atoms with Crippen LogP contribution in [-0.2, 0) is 10.0 Å². The summed E-state index contributed by atoms with van der Waals surface area (Å²) in [5.74, 6) is -0.437. The molecule has 2 aromatic heterocycles. The highest BCUT2D eigenvalue weighted by Gasteiger charge is 2.38. The van der Waals surface area contributed by atoms with Gasteiger partial charge in [0.15, 0.2) is 0 Å². The Morgan fingerprint density at radius 2 is 2.07 bits per heavy atom. The highest BCUT2D eigenvalue weighted by molar-refractivity contribution is 7.89. The number of halogens is 1. The number of nitrogens with one attached hydrogen (secondary N) is 1. The molecular formula is C16H16ClN7O4S.